The number of rotatable bonds is 7. The van der Waals surface area contributed by atoms with Crippen LogP contribution in [0.1, 0.15) is 6.92 Å². The zero-order valence-corrected chi connectivity index (χ0v) is 13.9. The quantitative estimate of drug-likeness (QED) is 0.527. The van der Waals surface area contributed by atoms with E-state index in [1.54, 1.807) is 28.9 Å². The zero-order valence-electron chi connectivity index (χ0n) is 13.9. The van der Waals surface area contributed by atoms with Crippen LogP contribution in [0.25, 0.3) is 17.1 Å². The average molecular weight is 342 g/mol. The summed E-state index contributed by atoms with van der Waals surface area (Å²) in [6.07, 6.45) is 0. The van der Waals surface area contributed by atoms with E-state index >= 15 is 0 Å². The number of benzene rings is 2. The second-order valence-electron chi connectivity index (χ2n) is 5.28. The van der Waals surface area contributed by atoms with Crippen LogP contribution >= 0.6 is 0 Å². The molecule has 0 saturated heterocycles. The summed E-state index contributed by atoms with van der Waals surface area (Å²) in [5.74, 6) is 0.120. The lowest BCUT2D eigenvalue weighted by atomic mass is 10.2. The second kappa shape index (κ2) is 7.76. The minimum atomic E-state index is -0.349. The Morgan fingerprint density at radius 1 is 1.12 bits per heavy atom. The number of nitrogens with two attached hydrogens (primary N) is 1. The maximum absolute atomic E-state index is 13.6. The SMILES string of the molecule is CCOCCOc1nc(-c2cccc(F)c2)n(-c2cccc(N)c2)n1. The molecule has 25 heavy (non-hydrogen) atoms. The molecule has 2 N–H and O–H groups in total. The Morgan fingerprint density at radius 2 is 1.96 bits per heavy atom. The van der Waals surface area contributed by atoms with Gasteiger partial charge in [0, 0.05) is 17.9 Å². The fourth-order valence-corrected chi connectivity index (χ4v) is 2.34. The predicted molar refractivity (Wildman–Crippen MR) is 93.2 cm³/mol. The van der Waals surface area contributed by atoms with Gasteiger partial charge in [0.05, 0.1) is 12.3 Å². The van der Waals surface area contributed by atoms with Crippen molar-refractivity contribution >= 4 is 5.69 Å². The Bertz CT molecular complexity index is 788. The Morgan fingerprint density at radius 3 is 2.72 bits per heavy atom. The first-order valence-electron chi connectivity index (χ1n) is 7.97. The molecule has 1 heterocycles. The van der Waals surface area contributed by atoms with E-state index in [1.165, 1.54) is 12.1 Å². The lowest BCUT2D eigenvalue weighted by molar-refractivity contribution is 0.106. The third-order valence-corrected chi connectivity index (χ3v) is 3.45. The maximum atomic E-state index is 13.6. The van der Waals surface area contributed by atoms with Crippen LogP contribution in [0, 0.1) is 5.82 Å². The summed E-state index contributed by atoms with van der Waals surface area (Å²) >= 11 is 0. The lowest BCUT2D eigenvalue weighted by Gasteiger charge is -2.06. The molecule has 0 fully saturated rings. The van der Waals surface area contributed by atoms with Gasteiger partial charge in [0.2, 0.25) is 0 Å². The van der Waals surface area contributed by atoms with Crippen molar-refractivity contribution in [3.05, 3.63) is 54.3 Å². The van der Waals surface area contributed by atoms with Crippen molar-refractivity contribution in [2.24, 2.45) is 0 Å². The Hall–Kier alpha value is -2.93. The van der Waals surface area contributed by atoms with Crippen molar-refractivity contribution in [3.8, 4) is 23.1 Å². The molecule has 0 radical (unpaired) electrons. The fraction of sp³-hybridized carbons (Fsp3) is 0.222. The molecule has 7 heteroatoms. The molecule has 0 amide bonds. The van der Waals surface area contributed by atoms with Gasteiger partial charge in [-0.05, 0) is 37.3 Å². The van der Waals surface area contributed by atoms with E-state index in [1.807, 2.05) is 19.1 Å². The van der Waals surface area contributed by atoms with Crippen molar-refractivity contribution < 1.29 is 13.9 Å². The van der Waals surface area contributed by atoms with E-state index in [9.17, 15) is 4.39 Å². The second-order valence-corrected chi connectivity index (χ2v) is 5.28. The van der Waals surface area contributed by atoms with E-state index in [0.717, 1.165) is 0 Å². The van der Waals surface area contributed by atoms with Crippen LogP contribution in [0.3, 0.4) is 0 Å². The summed E-state index contributed by atoms with van der Waals surface area (Å²) in [6.45, 7) is 3.30. The molecular formula is C18H19FN4O2. The van der Waals surface area contributed by atoms with Gasteiger partial charge < -0.3 is 15.2 Å². The van der Waals surface area contributed by atoms with Gasteiger partial charge in [0.15, 0.2) is 5.82 Å². The van der Waals surface area contributed by atoms with Crippen molar-refractivity contribution in [2.75, 3.05) is 25.6 Å². The molecule has 6 nitrogen and oxygen atoms in total. The molecule has 1 aromatic heterocycles. The summed E-state index contributed by atoms with van der Waals surface area (Å²) in [5.41, 5.74) is 7.76. The van der Waals surface area contributed by atoms with Crippen molar-refractivity contribution in [1.29, 1.82) is 0 Å². The van der Waals surface area contributed by atoms with E-state index < -0.39 is 0 Å². The summed E-state index contributed by atoms with van der Waals surface area (Å²) in [5, 5.41) is 4.38. The maximum Gasteiger partial charge on any atom is 0.336 e. The normalized spacial score (nSPS) is 10.8. The molecule has 0 atom stereocenters. The van der Waals surface area contributed by atoms with Gasteiger partial charge in [0.25, 0.3) is 0 Å². The average Bonchev–Trinajstić information content (AvgIpc) is 3.03. The molecule has 0 saturated carbocycles. The Balaban J connectivity index is 1.97. The Kier molecular flexibility index (Phi) is 5.25. The molecule has 0 bridgehead atoms. The Labute approximate surface area is 145 Å². The van der Waals surface area contributed by atoms with Gasteiger partial charge in [-0.1, -0.05) is 18.2 Å². The standard InChI is InChI=1S/C18H19FN4O2/c1-2-24-9-10-25-18-21-17(13-5-3-6-14(19)11-13)23(22-18)16-8-4-7-15(20)12-16/h3-8,11-12H,2,9-10,20H2,1H3. The number of aromatic nitrogens is 3. The third kappa shape index (κ3) is 4.13. The largest absolute Gasteiger partial charge is 0.460 e. The number of ether oxygens (including phenoxy) is 2. The first kappa shape index (κ1) is 16.9. The molecule has 3 aromatic rings. The van der Waals surface area contributed by atoms with E-state index in [4.69, 9.17) is 15.2 Å². The number of nitrogen functional groups attached to an aromatic ring is 1. The summed E-state index contributed by atoms with van der Waals surface area (Å²) in [4.78, 5) is 4.39. The predicted octanol–water partition coefficient (Wildman–Crippen LogP) is 3.07. The highest BCUT2D eigenvalue weighted by molar-refractivity contribution is 5.59. The molecule has 0 spiro atoms. The van der Waals surface area contributed by atoms with Crippen molar-refractivity contribution in [3.63, 3.8) is 0 Å². The minimum Gasteiger partial charge on any atom is -0.460 e. The van der Waals surface area contributed by atoms with E-state index in [0.29, 0.717) is 42.6 Å². The fourth-order valence-electron chi connectivity index (χ4n) is 2.34. The number of halogens is 1. The third-order valence-electron chi connectivity index (χ3n) is 3.45. The molecule has 0 unspecified atom stereocenters. The number of hydrogen-bond donors (Lipinski definition) is 1. The van der Waals surface area contributed by atoms with Gasteiger partial charge in [-0.3, -0.25) is 0 Å². The van der Waals surface area contributed by atoms with Gasteiger partial charge in [-0.25, -0.2) is 9.07 Å². The molecule has 2 aromatic carbocycles. The topological polar surface area (TPSA) is 75.2 Å². The lowest BCUT2D eigenvalue weighted by Crippen LogP contribution is -2.07. The van der Waals surface area contributed by atoms with Crippen molar-refractivity contribution in [1.82, 2.24) is 14.8 Å². The summed E-state index contributed by atoms with van der Waals surface area (Å²) in [6, 6.07) is 13.6. The van der Waals surface area contributed by atoms with Gasteiger partial charge in [-0.2, -0.15) is 4.98 Å². The van der Waals surface area contributed by atoms with Crippen LogP contribution < -0.4 is 10.5 Å². The monoisotopic (exact) mass is 342 g/mol. The molecule has 130 valence electrons. The highest BCUT2D eigenvalue weighted by Gasteiger charge is 2.15. The van der Waals surface area contributed by atoms with Gasteiger partial charge in [0.1, 0.15) is 12.4 Å². The summed E-state index contributed by atoms with van der Waals surface area (Å²) in [7, 11) is 0. The number of hydrogen-bond acceptors (Lipinski definition) is 5. The summed E-state index contributed by atoms with van der Waals surface area (Å²) < 4.78 is 26.0. The van der Waals surface area contributed by atoms with Crippen LogP contribution in [0.15, 0.2) is 48.5 Å². The molecule has 0 aliphatic heterocycles. The highest BCUT2D eigenvalue weighted by Crippen LogP contribution is 2.25. The van der Waals surface area contributed by atoms with E-state index in [2.05, 4.69) is 10.1 Å². The molecule has 0 aliphatic rings. The first-order valence-corrected chi connectivity index (χ1v) is 7.97. The van der Waals surface area contributed by atoms with Crippen LogP contribution in [0.4, 0.5) is 10.1 Å². The van der Waals surface area contributed by atoms with Crippen LogP contribution in [0.2, 0.25) is 0 Å². The van der Waals surface area contributed by atoms with Gasteiger partial charge in [-0.15, -0.1) is 5.10 Å². The number of nitrogens with zero attached hydrogens (tertiary/aromatic N) is 3. The smallest absolute Gasteiger partial charge is 0.336 e. The molecule has 0 aliphatic carbocycles. The first-order chi connectivity index (χ1) is 12.2. The zero-order chi connectivity index (χ0) is 17.6. The van der Waals surface area contributed by atoms with Crippen molar-refractivity contribution in [2.45, 2.75) is 6.92 Å². The number of anilines is 1. The minimum absolute atomic E-state index is 0.196. The highest BCUT2D eigenvalue weighted by atomic mass is 19.1. The molecular weight excluding hydrogens is 323 g/mol. The van der Waals surface area contributed by atoms with Gasteiger partial charge >= 0.3 is 6.01 Å². The van der Waals surface area contributed by atoms with Crippen LogP contribution in [0.5, 0.6) is 6.01 Å². The van der Waals surface area contributed by atoms with E-state index in [-0.39, 0.29) is 11.8 Å². The molecule has 3 rings (SSSR count). The van der Waals surface area contributed by atoms with Crippen LogP contribution in [-0.4, -0.2) is 34.6 Å². The van der Waals surface area contributed by atoms with Crippen LogP contribution in [-0.2, 0) is 4.74 Å².